The van der Waals surface area contributed by atoms with Gasteiger partial charge in [0.2, 0.25) is 29.5 Å². The molecule has 130 heavy (non-hydrogen) atoms. The first-order valence-corrected chi connectivity index (χ1v) is 40.0. The molecule has 60 nitrogen and oxygen atoms in total. The highest BCUT2D eigenvalue weighted by Crippen LogP contribution is 2.46. The number of aliphatic hydroxyl groups excluding tert-OH is 27. The summed E-state index contributed by atoms with van der Waals surface area (Å²) in [5.74, 6) is -30.5. The second kappa shape index (κ2) is 45.9. The van der Waals surface area contributed by atoms with Crippen LogP contribution in [0.2, 0.25) is 0 Å². The van der Waals surface area contributed by atoms with E-state index in [-0.39, 0.29) is 0 Å². The van der Waals surface area contributed by atoms with Crippen LogP contribution < -0.4 is 26.6 Å². The van der Waals surface area contributed by atoms with Crippen LogP contribution in [0.25, 0.3) is 0 Å². The van der Waals surface area contributed by atoms with Crippen LogP contribution >= 0.6 is 0 Å². The van der Waals surface area contributed by atoms with E-state index in [0.717, 1.165) is 20.8 Å². The number of rotatable bonds is 41. The van der Waals surface area contributed by atoms with E-state index in [4.69, 9.17) is 71.1 Å². The second-order valence-electron chi connectivity index (χ2n) is 31.8. The molecule has 8 saturated heterocycles. The van der Waals surface area contributed by atoms with Crippen molar-refractivity contribution >= 4 is 53.4 Å². The van der Waals surface area contributed by atoms with Crippen LogP contribution in [0.3, 0.4) is 0 Å². The summed E-state index contributed by atoms with van der Waals surface area (Å²) in [5.41, 5.74) is 0. The minimum atomic E-state index is -3.92. The zero-order valence-corrected chi connectivity index (χ0v) is 68.7. The Labute approximate surface area is 730 Å². The minimum absolute atomic E-state index is 0.734. The molecule has 0 unspecified atom stereocenters. The smallest absolute Gasteiger partial charge is 0.364 e. The summed E-state index contributed by atoms with van der Waals surface area (Å²) < 4.78 is 87.3. The molecule has 0 spiro atoms. The number of aliphatic carboxylic acids is 4. The number of amides is 5. The Morgan fingerprint density at radius 1 is 0.331 bits per heavy atom. The predicted octanol–water partition coefficient (Wildman–Crippen LogP) is -23.0. The normalized spacial score (nSPS) is 42.0. The average molecular weight is 1900 g/mol. The topological polar surface area (TPSA) is 979 Å². The first-order valence-electron chi connectivity index (χ1n) is 40.0. The summed E-state index contributed by atoms with van der Waals surface area (Å²) in [5, 5.41) is 355. The molecular weight excluding hydrogens is 1790 g/mol. The van der Waals surface area contributed by atoms with Crippen LogP contribution in [-0.2, 0) is 114 Å². The van der Waals surface area contributed by atoms with E-state index in [2.05, 4.69) is 16.0 Å². The van der Waals surface area contributed by atoms with E-state index in [1.807, 2.05) is 10.6 Å². The molecule has 8 fully saturated rings. The number of carbonyl (C=O) groups is 9. The lowest BCUT2D eigenvalue weighted by Gasteiger charge is -2.53. The van der Waals surface area contributed by atoms with E-state index in [0.29, 0.717) is 0 Å². The summed E-state index contributed by atoms with van der Waals surface area (Å²) in [6.07, 6.45) is -94.0. The molecule has 0 aromatic heterocycles. The molecule has 5 amide bonds. The van der Waals surface area contributed by atoms with Gasteiger partial charge in [0.1, 0.15) is 184 Å². The van der Waals surface area contributed by atoms with Crippen LogP contribution in [0.15, 0.2) is 0 Å². The molecule has 0 saturated carbocycles. The third kappa shape index (κ3) is 23.6. The van der Waals surface area contributed by atoms with E-state index in [9.17, 15) is 201 Å². The number of carboxylic acids is 4. The summed E-state index contributed by atoms with van der Waals surface area (Å²) >= 11 is 0. The van der Waals surface area contributed by atoms with Gasteiger partial charge in [-0.1, -0.05) is 0 Å². The lowest BCUT2D eigenvalue weighted by molar-refractivity contribution is -0.405. The van der Waals surface area contributed by atoms with Gasteiger partial charge in [-0.05, 0) is 0 Å². The van der Waals surface area contributed by atoms with Crippen LogP contribution in [0, 0.1) is 0 Å². The molecule has 8 heterocycles. The Hall–Kier alpha value is -6.45. The van der Waals surface area contributed by atoms with Gasteiger partial charge in [-0.15, -0.1) is 0 Å². The van der Waals surface area contributed by atoms with E-state index in [1.165, 1.54) is 0 Å². The van der Waals surface area contributed by atoms with Gasteiger partial charge in [-0.2, -0.15) is 0 Å². The zero-order valence-electron chi connectivity index (χ0n) is 68.7. The Bertz CT molecular complexity index is 3760. The number of ether oxygens (including phenoxy) is 15. The van der Waals surface area contributed by atoms with Crippen molar-refractivity contribution in [2.24, 2.45) is 0 Å². The molecule has 0 aromatic carbocycles. The van der Waals surface area contributed by atoms with Crippen LogP contribution in [0.5, 0.6) is 0 Å². The molecule has 0 radical (unpaired) electrons. The summed E-state index contributed by atoms with van der Waals surface area (Å²) in [4.78, 5) is 119. The molecule has 0 aromatic rings. The highest BCUT2D eigenvalue weighted by molar-refractivity contribution is 5.80. The Morgan fingerprint density at radius 3 is 1.00 bits per heavy atom. The Balaban J connectivity index is 1.20. The van der Waals surface area contributed by atoms with E-state index in [1.54, 1.807) is 0 Å². The van der Waals surface area contributed by atoms with Gasteiger partial charge in [-0.3, -0.25) is 24.0 Å². The minimum Gasteiger partial charge on any atom is -0.477 e. The summed E-state index contributed by atoms with van der Waals surface area (Å²) in [6, 6.07) is -10.9. The maximum Gasteiger partial charge on any atom is 0.364 e. The summed E-state index contributed by atoms with van der Waals surface area (Å²) in [7, 11) is 0. The third-order valence-corrected chi connectivity index (χ3v) is 22.8. The van der Waals surface area contributed by atoms with E-state index >= 15 is 0 Å². The predicted molar refractivity (Wildman–Crippen MR) is 394 cm³/mol. The SMILES string of the molecule is CC(=O)N[C@H]1[C@H](O[C@@H]2[C@H](O[C@]3(C(=O)O)C[C@H](O)[C@@H](NC(C)=O)[C@H]([C@H](O)[C@@H](CO)O[C@]4(C(=O)O)C[C@H](O)[C@@H](NC(=O)CO)[C@H]([C@H](O)[C@@H](CO)O[C@]5(C(=O)O)C[C@H](O)[C@@H](NC(=O)CO)[C@H]([C@H](O)[C@H](O)CO)O5)O4)O3)[C@@H](O)[C@H](O[C@H]3[C@H](O)[C@@H](O)[C@H](O)O[C@@H]3CO)O[C@@H]2CO)O[C@H](CO)[C@H](O)[C@@H]1O[C@@H]1O[C@H](CO)[C@H](O)[C@H](O[C@]2(C(=O)O)C[C@H](O)[C@@H](NC(C)=O)[C@H]([C@H](O)[C@H](O)CO)O2)[C@H]1O. The van der Waals surface area contributed by atoms with Crippen molar-refractivity contribution in [3.05, 3.63) is 0 Å². The van der Waals surface area contributed by atoms with Crippen molar-refractivity contribution in [1.82, 2.24) is 26.6 Å². The van der Waals surface area contributed by atoms with Gasteiger partial charge < -0.3 is 256 Å². The number of nitrogens with one attached hydrogen (secondary N) is 5. The molecule has 748 valence electrons. The van der Waals surface area contributed by atoms with Crippen molar-refractivity contribution in [1.29, 1.82) is 0 Å². The second-order valence-corrected chi connectivity index (χ2v) is 31.8. The molecule has 0 bridgehead atoms. The van der Waals surface area contributed by atoms with Gasteiger partial charge >= 0.3 is 23.9 Å². The third-order valence-electron chi connectivity index (χ3n) is 22.8. The summed E-state index contributed by atoms with van der Waals surface area (Å²) in [6.45, 7) is -12.1. The molecule has 8 rings (SSSR count). The highest BCUT2D eigenvalue weighted by Gasteiger charge is 2.67. The van der Waals surface area contributed by atoms with Crippen LogP contribution in [0.1, 0.15) is 46.5 Å². The van der Waals surface area contributed by atoms with Crippen molar-refractivity contribution in [3.8, 4) is 0 Å². The lowest BCUT2D eigenvalue weighted by Crippen LogP contribution is -2.73. The molecule has 36 N–H and O–H groups in total. The van der Waals surface area contributed by atoms with Gasteiger partial charge in [0.05, 0.1) is 101 Å². The quantitative estimate of drug-likeness (QED) is 0.0270. The molecule has 0 aliphatic carbocycles. The van der Waals surface area contributed by atoms with Crippen molar-refractivity contribution in [2.75, 3.05) is 66.1 Å². The van der Waals surface area contributed by atoms with Crippen molar-refractivity contribution < 1.29 is 273 Å². The van der Waals surface area contributed by atoms with E-state index < -0.39 is 413 Å². The molecular formula is C70H113N5O55. The zero-order chi connectivity index (χ0) is 97.3. The van der Waals surface area contributed by atoms with Crippen molar-refractivity contribution in [2.45, 2.75) is 314 Å². The molecule has 44 atom stereocenters. The highest BCUT2D eigenvalue weighted by atomic mass is 16.8. The van der Waals surface area contributed by atoms with Crippen LogP contribution in [0.4, 0.5) is 0 Å². The standard InChI is InChI=1S/C70H113N5O55/c1-18(86)71-35-21(89)6-69(65(112)113,126-53(35)40(97)25(93)8-76)129-57-43(100)28(11-79)118-61(48(57)105)122-52-39(73-20(3)88)60(117-27(10-78)42(52)99)121-51-32(15-83)119-62(120-50-31(14-82)116-59(107)47(104)46(50)103)49(106)58(51)130-70(66(114)115)7-22(90)36(72-19(2)87)55(128-70)44(101)29(12-80)124-68(64(110)111)5-24(92)38(75-34(96)17-85)56(127-68)45(102)30(13-81)123-67(63(108)109)4-23(91)37(74-33(95)16-84)54(125-67)41(98)26(94)9-77/h21-32,35-62,76-85,89-94,97-107H,4-17H2,1-3H3,(H,71,86)(H,72,87)(H,73,88)(H,74,95)(H,75,96)(H,108,109)(H,110,111)(H,112,113)(H,114,115)/t21-,22-,23-,24-,25+,26+,27+,28+,29+,30+,31+,32+,35+,36+,37+,38+,39+,40+,41+,42-,43-,44+,45+,46+,47+,48+,49+,50+,51-,52+,53+,54+,55+,56+,57-,58+,59+,60-,61-,62-,67+,68+,69-,70-/m0/s1. The number of hydrogen-bond acceptors (Lipinski definition) is 51. The fraction of sp³-hybridized carbons (Fsp3) is 0.871. The lowest BCUT2D eigenvalue weighted by atomic mass is 9.86. The Morgan fingerprint density at radius 2 is 0.638 bits per heavy atom. The molecule has 8 aliphatic heterocycles. The van der Waals surface area contributed by atoms with Crippen molar-refractivity contribution in [3.63, 3.8) is 0 Å². The number of carbonyl (C=O) groups excluding carboxylic acids is 5. The first-order chi connectivity index (χ1) is 61.0. The monoisotopic (exact) mass is 1900 g/mol. The number of hydrogen-bond donors (Lipinski definition) is 36. The van der Waals surface area contributed by atoms with Gasteiger partial charge in [0, 0.05) is 46.5 Å². The number of carboxylic acid groups (broad SMARTS) is 4. The molecule has 8 aliphatic rings. The maximum atomic E-state index is 14.5. The number of aliphatic hydroxyl groups is 27. The van der Waals surface area contributed by atoms with Gasteiger partial charge in [0.25, 0.3) is 23.1 Å². The average Bonchev–Trinajstić information content (AvgIpc) is 0.747. The van der Waals surface area contributed by atoms with Gasteiger partial charge in [0.15, 0.2) is 25.2 Å². The Kier molecular flexibility index (Phi) is 38.5. The largest absolute Gasteiger partial charge is 0.477 e. The fourth-order valence-electron chi connectivity index (χ4n) is 16.3. The van der Waals surface area contributed by atoms with Gasteiger partial charge in [-0.25, -0.2) is 19.2 Å². The first kappa shape index (κ1) is 109. The maximum absolute atomic E-state index is 14.5. The van der Waals surface area contributed by atoms with Crippen LogP contribution in [-0.4, -0.2) is 546 Å². The molecule has 60 heteroatoms. The fourth-order valence-corrected chi connectivity index (χ4v) is 16.3.